The van der Waals surface area contributed by atoms with Crippen molar-refractivity contribution in [3.05, 3.63) is 12.2 Å². The maximum atomic E-state index is 13.3. The quantitative estimate of drug-likeness (QED) is 0.325. The minimum atomic E-state index is -1.44. The van der Waals surface area contributed by atoms with Gasteiger partial charge in [0.1, 0.15) is 0 Å². The molecule has 0 saturated carbocycles. The molecule has 0 aliphatic carbocycles. The topological polar surface area (TPSA) is 24.4 Å². The van der Waals surface area contributed by atoms with E-state index in [4.69, 9.17) is 6.42 Å². The van der Waals surface area contributed by atoms with Crippen molar-refractivity contribution in [3.63, 3.8) is 0 Å². The Morgan fingerprint density at radius 2 is 2.31 bits per heavy atom. The lowest BCUT2D eigenvalue weighted by atomic mass is 10.2. The standard InChI is InChI=1S/C13H17FN2/c1-4-6-7-11-16-13(12(14)5-2)9-8-10-15-3/h2,6-7,12,15H,4,9,11H2,1,3H3/b7-6?,16-13-. The normalized spacial score (nSPS) is 12.8. The zero-order valence-corrected chi connectivity index (χ0v) is 9.76. The first-order chi connectivity index (χ1) is 7.76. The van der Waals surface area contributed by atoms with Crippen molar-refractivity contribution in [1.82, 2.24) is 5.32 Å². The fraction of sp³-hybridized carbons (Fsp3) is 0.462. The van der Waals surface area contributed by atoms with Gasteiger partial charge in [-0.05, 0) is 6.42 Å². The summed E-state index contributed by atoms with van der Waals surface area (Å²) >= 11 is 0. The van der Waals surface area contributed by atoms with Crippen LogP contribution in [0.4, 0.5) is 4.39 Å². The minimum Gasteiger partial charge on any atom is -0.349 e. The van der Waals surface area contributed by atoms with E-state index in [9.17, 15) is 4.39 Å². The van der Waals surface area contributed by atoms with E-state index in [1.807, 2.05) is 25.0 Å². The van der Waals surface area contributed by atoms with E-state index in [-0.39, 0.29) is 6.42 Å². The van der Waals surface area contributed by atoms with Gasteiger partial charge in [-0.15, -0.1) is 6.42 Å². The highest BCUT2D eigenvalue weighted by atomic mass is 19.1. The number of terminal acetylenes is 1. The molecule has 0 aliphatic heterocycles. The summed E-state index contributed by atoms with van der Waals surface area (Å²) in [6.07, 6.45) is 8.64. The number of alkyl halides is 1. The van der Waals surface area contributed by atoms with Gasteiger partial charge in [0.15, 0.2) is 6.17 Å². The van der Waals surface area contributed by atoms with Gasteiger partial charge in [-0.25, -0.2) is 4.39 Å². The first-order valence-corrected chi connectivity index (χ1v) is 5.19. The average molecular weight is 220 g/mol. The molecular formula is C13H17FN2. The van der Waals surface area contributed by atoms with Gasteiger partial charge in [-0.1, -0.05) is 30.9 Å². The van der Waals surface area contributed by atoms with E-state index in [0.717, 1.165) is 6.42 Å². The van der Waals surface area contributed by atoms with Crippen LogP contribution in [0.2, 0.25) is 0 Å². The fourth-order valence-corrected chi connectivity index (χ4v) is 0.956. The van der Waals surface area contributed by atoms with Gasteiger partial charge >= 0.3 is 0 Å². The maximum absolute atomic E-state index is 13.3. The lowest BCUT2D eigenvalue weighted by molar-refractivity contribution is 0.501. The van der Waals surface area contributed by atoms with E-state index in [2.05, 4.69) is 22.3 Å². The van der Waals surface area contributed by atoms with Crippen LogP contribution in [0.1, 0.15) is 19.8 Å². The molecule has 1 atom stereocenters. The zero-order chi connectivity index (χ0) is 12.2. The molecule has 1 unspecified atom stereocenters. The van der Waals surface area contributed by atoms with Gasteiger partial charge in [0.05, 0.1) is 18.7 Å². The molecule has 3 heteroatoms. The Morgan fingerprint density at radius 1 is 1.56 bits per heavy atom. The molecule has 0 radical (unpaired) electrons. The molecule has 0 aliphatic rings. The van der Waals surface area contributed by atoms with E-state index >= 15 is 0 Å². The molecule has 16 heavy (non-hydrogen) atoms. The van der Waals surface area contributed by atoms with E-state index in [1.54, 1.807) is 7.05 Å². The molecule has 0 rings (SSSR count). The molecule has 0 bridgehead atoms. The largest absolute Gasteiger partial charge is 0.349 e. The summed E-state index contributed by atoms with van der Waals surface area (Å²) in [6.45, 7) is 2.48. The number of nitrogens with zero attached hydrogens (tertiary/aromatic N) is 1. The molecule has 86 valence electrons. The van der Waals surface area contributed by atoms with E-state index in [0.29, 0.717) is 12.3 Å². The maximum Gasteiger partial charge on any atom is 0.199 e. The Balaban J connectivity index is 4.42. The van der Waals surface area contributed by atoms with E-state index in [1.165, 1.54) is 0 Å². The van der Waals surface area contributed by atoms with Gasteiger partial charge in [0, 0.05) is 13.1 Å². The Hall–Kier alpha value is -1.74. The van der Waals surface area contributed by atoms with Gasteiger partial charge < -0.3 is 5.32 Å². The van der Waals surface area contributed by atoms with Crippen molar-refractivity contribution in [3.8, 4) is 24.3 Å². The number of rotatable bonds is 5. The summed E-state index contributed by atoms with van der Waals surface area (Å²) in [4.78, 5) is 4.09. The molecule has 0 aromatic rings. The molecular weight excluding hydrogens is 203 g/mol. The molecule has 0 fully saturated rings. The second-order valence-electron chi connectivity index (χ2n) is 2.97. The van der Waals surface area contributed by atoms with Crippen molar-refractivity contribution in [2.24, 2.45) is 4.99 Å². The van der Waals surface area contributed by atoms with Gasteiger partial charge in [-0.2, -0.15) is 0 Å². The summed E-state index contributed by atoms with van der Waals surface area (Å²) in [6, 6.07) is 2.63. The fourth-order valence-electron chi connectivity index (χ4n) is 0.956. The van der Waals surface area contributed by atoms with Crippen molar-refractivity contribution in [2.75, 3.05) is 13.6 Å². The van der Waals surface area contributed by atoms with Crippen LogP contribution in [0.3, 0.4) is 0 Å². The zero-order valence-electron chi connectivity index (χ0n) is 9.76. The van der Waals surface area contributed by atoms with Crippen LogP contribution < -0.4 is 5.32 Å². The van der Waals surface area contributed by atoms with Crippen LogP contribution in [0, 0.1) is 24.3 Å². The number of hydrogen-bond acceptors (Lipinski definition) is 2. The highest BCUT2D eigenvalue weighted by Gasteiger charge is 2.09. The number of aliphatic imine (C=N–C) groups is 1. The summed E-state index contributed by atoms with van der Waals surface area (Å²) in [7, 11) is 1.70. The Kier molecular flexibility index (Phi) is 8.74. The molecule has 0 saturated heterocycles. The van der Waals surface area contributed by atoms with Crippen LogP contribution in [0.25, 0.3) is 0 Å². The summed E-state index contributed by atoms with van der Waals surface area (Å²) < 4.78 is 13.3. The number of allylic oxidation sites excluding steroid dienone is 1. The molecule has 2 nitrogen and oxygen atoms in total. The minimum absolute atomic E-state index is 0.256. The predicted molar refractivity (Wildman–Crippen MR) is 66.9 cm³/mol. The molecule has 0 spiro atoms. The second-order valence-corrected chi connectivity index (χ2v) is 2.97. The van der Waals surface area contributed by atoms with Crippen LogP contribution >= 0.6 is 0 Å². The van der Waals surface area contributed by atoms with Gasteiger partial charge in [0.2, 0.25) is 0 Å². The SMILES string of the molecule is C#CC(F)/C(CC#CNC)=N\CC=CCC. The number of nitrogens with one attached hydrogen (secondary N) is 1. The van der Waals surface area contributed by atoms with E-state index < -0.39 is 6.17 Å². The first-order valence-electron chi connectivity index (χ1n) is 5.19. The number of halogens is 1. The van der Waals surface area contributed by atoms with Crippen LogP contribution in [0.5, 0.6) is 0 Å². The van der Waals surface area contributed by atoms with Crippen LogP contribution in [-0.2, 0) is 0 Å². The van der Waals surface area contributed by atoms with Crippen LogP contribution in [-0.4, -0.2) is 25.5 Å². The molecule has 0 aromatic carbocycles. The second kappa shape index (κ2) is 9.80. The smallest absolute Gasteiger partial charge is 0.199 e. The third-order valence-corrected chi connectivity index (χ3v) is 1.72. The molecule has 1 N–H and O–H groups in total. The molecule has 0 aromatic heterocycles. The lowest BCUT2D eigenvalue weighted by Gasteiger charge is -2.01. The summed E-state index contributed by atoms with van der Waals surface area (Å²) in [5, 5.41) is 2.65. The molecule has 0 heterocycles. The highest BCUT2D eigenvalue weighted by Crippen LogP contribution is 1.99. The van der Waals surface area contributed by atoms with Crippen molar-refractivity contribution < 1.29 is 4.39 Å². The highest BCUT2D eigenvalue weighted by molar-refractivity contribution is 5.93. The number of hydrogen-bond donors (Lipinski definition) is 1. The Labute approximate surface area is 97.0 Å². The third kappa shape index (κ3) is 6.68. The Bertz CT molecular complexity index is 339. The van der Waals surface area contributed by atoms with Crippen LogP contribution in [0.15, 0.2) is 17.1 Å². The van der Waals surface area contributed by atoms with Crippen molar-refractivity contribution in [2.45, 2.75) is 25.9 Å². The third-order valence-electron chi connectivity index (χ3n) is 1.72. The first kappa shape index (κ1) is 14.3. The summed E-state index contributed by atoms with van der Waals surface area (Å²) in [5.41, 5.74) is 0.311. The Morgan fingerprint density at radius 3 is 2.88 bits per heavy atom. The monoisotopic (exact) mass is 220 g/mol. The molecule has 0 amide bonds. The average Bonchev–Trinajstić information content (AvgIpc) is 2.31. The van der Waals surface area contributed by atoms with Gasteiger partial charge in [-0.3, -0.25) is 4.99 Å². The lowest BCUT2D eigenvalue weighted by Crippen LogP contribution is -2.13. The predicted octanol–water partition coefficient (Wildman–Crippen LogP) is 1.94. The van der Waals surface area contributed by atoms with Crippen molar-refractivity contribution >= 4 is 5.71 Å². The van der Waals surface area contributed by atoms with Crippen molar-refractivity contribution in [1.29, 1.82) is 0 Å². The summed E-state index contributed by atoms with van der Waals surface area (Å²) in [5.74, 6) is 4.76. The van der Waals surface area contributed by atoms with Gasteiger partial charge in [0.25, 0.3) is 0 Å².